The fourth-order valence-electron chi connectivity index (χ4n) is 4.23. The quantitative estimate of drug-likeness (QED) is 0.833. The molecule has 3 atom stereocenters. The molecule has 2 aliphatic heterocycles. The van der Waals surface area contributed by atoms with Crippen molar-refractivity contribution in [3.63, 3.8) is 0 Å². The summed E-state index contributed by atoms with van der Waals surface area (Å²) < 4.78 is 32.2. The van der Waals surface area contributed by atoms with Crippen LogP contribution in [0.3, 0.4) is 0 Å². The minimum Gasteiger partial charge on any atom is -0.485 e. The van der Waals surface area contributed by atoms with Gasteiger partial charge in [0.15, 0.2) is 0 Å². The standard InChI is InChI=1S/C22H25NO5S/c1-14-9-12-19(24)23(14)20-17-13-16(29(26,27)15-7-5-4-6-8-15)10-11-18(17)28-22(2,3)21(20)25/h4-8,10-11,13-14,20-21,25H,9,12H2,1-3H3/t14-,20?,21?/m1/s1. The van der Waals surface area contributed by atoms with Gasteiger partial charge in [-0.2, -0.15) is 0 Å². The number of carbonyl (C=O) groups excluding carboxylic acids is 1. The number of hydrogen-bond donors (Lipinski definition) is 1. The monoisotopic (exact) mass is 415 g/mol. The summed E-state index contributed by atoms with van der Waals surface area (Å²) in [4.78, 5) is 14.6. The summed E-state index contributed by atoms with van der Waals surface area (Å²) >= 11 is 0. The maximum atomic E-state index is 13.1. The van der Waals surface area contributed by atoms with Crippen LogP contribution in [-0.4, -0.2) is 42.1 Å². The number of nitrogens with zero attached hydrogens (tertiary/aromatic N) is 1. The predicted molar refractivity (Wildman–Crippen MR) is 107 cm³/mol. The average molecular weight is 416 g/mol. The summed E-state index contributed by atoms with van der Waals surface area (Å²) in [6.45, 7) is 5.49. The molecule has 0 aliphatic carbocycles. The summed E-state index contributed by atoms with van der Waals surface area (Å²) in [5.74, 6) is 0.450. The molecule has 2 aromatic carbocycles. The van der Waals surface area contributed by atoms with E-state index in [4.69, 9.17) is 4.74 Å². The maximum Gasteiger partial charge on any atom is 0.223 e. The van der Waals surface area contributed by atoms with Gasteiger partial charge in [0.25, 0.3) is 0 Å². The Hall–Kier alpha value is -2.38. The van der Waals surface area contributed by atoms with Gasteiger partial charge in [0.2, 0.25) is 15.7 Å². The number of hydrogen-bond acceptors (Lipinski definition) is 5. The van der Waals surface area contributed by atoms with Gasteiger partial charge in [-0.15, -0.1) is 0 Å². The summed E-state index contributed by atoms with van der Waals surface area (Å²) in [6, 6.07) is 12.2. The summed E-state index contributed by atoms with van der Waals surface area (Å²) in [5.41, 5.74) is -0.393. The lowest BCUT2D eigenvalue weighted by Gasteiger charge is -2.46. The highest BCUT2D eigenvalue weighted by Crippen LogP contribution is 2.46. The molecule has 0 spiro atoms. The molecular formula is C22H25NO5S. The van der Waals surface area contributed by atoms with E-state index in [1.54, 1.807) is 61.2 Å². The minimum atomic E-state index is -3.73. The molecule has 0 aromatic heterocycles. The number of sulfone groups is 1. The molecule has 0 saturated carbocycles. The van der Waals surface area contributed by atoms with Crippen LogP contribution < -0.4 is 4.74 Å². The van der Waals surface area contributed by atoms with Crippen LogP contribution in [0.5, 0.6) is 5.75 Å². The van der Waals surface area contributed by atoms with Crippen molar-refractivity contribution in [2.24, 2.45) is 0 Å². The van der Waals surface area contributed by atoms with Crippen molar-refractivity contribution in [3.05, 3.63) is 54.1 Å². The molecule has 1 fully saturated rings. The van der Waals surface area contributed by atoms with Crippen LogP contribution in [-0.2, 0) is 14.6 Å². The highest BCUT2D eigenvalue weighted by atomic mass is 32.2. The molecule has 1 amide bonds. The summed E-state index contributed by atoms with van der Waals surface area (Å²) in [6.07, 6.45) is 0.137. The number of likely N-dealkylation sites (tertiary alicyclic amines) is 1. The van der Waals surface area contributed by atoms with Gasteiger partial charge in [0.05, 0.1) is 15.8 Å². The molecule has 1 N–H and O–H groups in total. The van der Waals surface area contributed by atoms with Crippen molar-refractivity contribution in [1.29, 1.82) is 0 Å². The maximum absolute atomic E-state index is 13.1. The number of carbonyl (C=O) groups is 1. The van der Waals surface area contributed by atoms with E-state index in [1.807, 2.05) is 6.92 Å². The zero-order valence-electron chi connectivity index (χ0n) is 16.7. The van der Waals surface area contributed by atoms with Gasteiger partial charge in [0.1, 0.15) is 17.5 Å². The normalized spacial score (nSPS) is 26.1. The minimum absolute atomic E-state index is 0.0403. The molecule has 2 heterocycles. The summed E-state index contributed by atoms with van der Waals surface area (Å²) in [5, 5.41) is 11.1. The van der Waals surface area contributed by atoms with Crippen LogP contribution in [0.25, 0.3) is 0 Å². The predicted octanol–water partition coefficient (Wildman–Crippen LogP) is 3.10. The van der Waals surface area contributed by atoms with Crippen LogP contribution in [0.2, 0.25) is 0 Å². The Bertz CT molecular complexity index is 1050. The molecule has 4 rings (SSSR count). The number of benzene rings is 2. The molecule has 2 aliphatic rings. The highest BCUT2D eigenvalue weighted by Gasteiger charge is 2.49. The number of ether oxygens (including phenoxy) is 1. The number of aliphatic hydroxyl groups is 1. The average Bonchev–Trinajstić information content (AvgIpc) is 3.01. The van der Waals surface area contributed by atoms with Gasteiger partial charge in [-0.1, -0.05) is 18.2 Å². The first kappa shape index (κ1) is 19.9. The largest absolute Gasteiger partial charge is 0.485 e. The van der Waals surface area contributed by atoms with E-state index in [1.165, 1.54) is 6.07 Å². The topological polar surface area (TPSA) is 83.9 Å². The first-order valence-electron chi connectivity index (χ1n) is 9.75. The van der Waals surface area contributed by atoms with E-state index in [-0.39, 0.29) is 21.7 Å². The third-order valence-electron chi connectivity index (χ3n) is 5.89. The van der Waals surface area contributed by atoms with Gasteiger partial charge in [-0.3, -0.25) is 4.79 Å². The third kappa shape index (κ3) is 3.22. The smallest absolute Gasteiger partial charge is 0.223 e. The van der Waals surface area contributed by atoms with Crippen molar-refractivity contribution in [2.45, 2.75) is 67.2 Å². The van der Waals surface area contributed by atoms with Gasteiger partial charge < -0.3 is 14.7 Å². The molecule has 1 saturated heterocycles. The number of aliphatic hydroxyl groups excluding tert-OH is 1. The number of rotatable bonds is 3. The molecular weight excluding hydrogens is 390 g/mol. The molecule has 0 radical (unpaired) electrons. The first-order valence-corrected chi connectivity index (χ1v) is 11.2. The Morgan fingerprint density at radius 2 is 1.79 bits per heavy atom. The molecule has 154 valence electrons. The van der Waals surface area contributed by atoms with Crippen molar-refractivity contribution in [2.75, 3.05) is 0 Å². The van der Waals surface area contributed by atoms with Crippen LogP contribution in [0.1, 0.15) is 45.2 Å². The van der Waals surface area contributed by atoms with Crippen molar-refractivity contribution < 1.29 is 23.1 Å². The third-order valence-corrected chi connectivity index (χ3v) is 7.65. The molecule has 0 bridgehead atoms. The van der Waals surface area contributed by atoms with E-state index >= 15 is 0 Å². The zero-order chi connectivity index (χ0) is 21.0. The van der Waals surface area contributed by atoms with E-state index in [2.05, 4.69) is 0 Å². The van der Waals surface area contributed by atoms with Crippen LogP contribution >= 0.6 is 0 Å². The van der Waals surface area contributed by atoms with Crippen molar-refractivity contribution in [1.82, 2.24) is 4.90 Å². The first-order chi connectivity index (χ1) is 13.6. The van der Waals surface area contributed by atoms with E-state index in [0.29, 0.717) is 24.2 Å². The van der Waals surface area contributed by atoms with Crippen LogP contribution in [0.15, 0.2) is 58.3 Å². The summed E-state index contributed by atoms with van der Waals surface area (Å²) in [7, 11) is -3.73. The zero-order valence-corrected chi connectivity index (χ0v) is 17.5. The van der Waals surface area contributed by atoms with Gasteiger partial charge in [-0.25, -0.2) is 8.42 Å². The molecule has 7 heteroatoms. The Morgan fingerprint density at radius 3 is 2.41 bits per heavy atom. The Balaban J connectivity index is 1.86. The van der Waals surface area contributed by atoms with Gasteiger partial charge in [-0.05, 0) is 57.5 Å². The second kappa shape index (κ2) is 6.85. The fourth-order valence-corrected chi connectivity index (χ4v) is 5.54. The Kier molecular flexibility index (Phi) is 4.70. The lowest BCUT2D eigenvalue weighted by molar-refractivity contribution is -0.142. The van der Waals surface area contributed by atoms with E-state index in [0.717, 1.165) is 0 Å². The molecule has 2 unspecified atom stereocenters. The molecule has 2 aromatic rings. The van der Waals surface area contributed by atoms with Crippen LogP contribution in [0.4, 0.5) is 0 Å². The fraction of sp³-hybridized carbons (Fsp3) is 0.409. The second-order valence-electron chi connectivity index (χ2n) is 8.30. The Morgan fingerprint density at radius 1 is 1.10 bits per heavy atom. The van der Waals surface area contributed by atoms with Gasteiger partial charge >= 0.3 is 0 Å². The SMILES string of the molecule is C[C@@H]1CCC(=O)N1C1c2cc(S(=O)(=O)c3ccccc3)ccc2OC(C)(C)C1O. The van der Waals surface area contributed by atoms with Crippen molar-refractivity contribution >= 4 is 15.7 Å². The second-order valence-corrected chi connectivity index (χ2v) is 10.2. The van der Waals surface area contributed by atoms with Gasteiger partial charge in [0, 0.05) is 18.0 Å². The van der Waals surface area contributed by atoms with Crippen molar-refractivity contribution in [3.8, 4) is 5.75 Å². The lowest BCUT2D eigenvalue weighted by Crippen LogP contribution is -2.55. The van der Waals surface area contributed by atoms with E-state index < -0.39 is 27.6 Å². The number of fused-ring (bicyclic) bond motifs is 1. The highest BCUT2D eigenvalue weighted by molar-refractivity contribution is 7.91. The van der Waals surface area contributed by atoms with E-state index in [9.17, 15) is 18.3 Å². The number of amides is 1. The molecule has 29 heavy (non-hydrogen) atoms. The Labute approximate surface area is 171 Å². The van der Waals surface area contributed by atoms with Crippen LogP contribution in [0, 0.1) is 0 Å². The molecule has 6 nitrogen and oxygen atoms in total. The lowest BCUT2D eigenvalue weighted by atomic mass is 9.85.